The number of hydrogen-bond acceptors (Lipinski definition) is 4. The monoisotopic (exact) mass is 442 g/mol. The number of rotatable bonds is 3. The second-order valence-electron chi connectivity index (χ2n) is 4.42. The minimum atomic E-state index is -5.43. The SMILES string of the molecule is O=C(Nc1ccc(S(=O)(=O)C(F)(F)F)cc1)c1cnc(Cl)c(Br)c1. The number of alkyl halides is 3. The van der Waals surface area contributed by atoms with Crippen LogP contribution in [-0.4, -0.2) is 24.8 Å². The molecule has 0 unspecified atom stereocenters. The normalized spacial score (nSPS) is 12.0. The van der Waals surface area contributed by atoms with Crippen LogP contribution in [-0.2, 0) is 9.84 Å². The number of sulfone groups is 1. The molecule has 11 heteroatoms. The summed E-state index contributed by atoms with van der Waals surface area (Å²) in [4.78, 5) is 14.9. The summed E-state index contributed by atoms with van der Waals surface area (Å²) in [6.07, 6.45) is 1.21. The van der Waals surface area contributed by atoms with Crippen LogP contribution in [0.1, 0.15) is 10.4 Å². The minimum absolute atomic E-state index is 0.118. The molecule has 1 amide bonds. The van der Waals surface area contributed by atoms with Crippen LogP contribution in [0, 0.1) is 0 Å². The zero-order valence-corrected chi connectivity index (χ0v) is 14.6. The lowest BCUT2D eigenvalue weighted by molar-refractivity contribution is -0.0436. The van der Waals surface area contributed by atoms with Crippen LogP contribution in [0.4, 0.5) is 18.9 Å². The molecule has 2 rings (SSSR count). The number of nitrogens with zero attached hydrogens (tertiary/aromatic N) is 1. The van der Waals surface area contributed by atoms with Gasteiger partial charge >= 0.3 is 5.51 Å². The lowest BCUT2D eigenvalue weighted by Gasteiger charge is -2.09. The molecule has 0 saturated heterocycles. The van der Waals surface area contributed by atoms with Gasteiger partial charge in [-0.1, -0.05) is 11.6 Å². The Balaban J connectivity index is 2.20. The number of aromatic nitrogens is 1. The third kappa shape index (κ3) is 3.87. The van der Waals surface area contributed by atoms with E-state index in [0.29, 0.717) is 4.47 Å². The summed E-state index contributed by atoms with van der Waals surface area (Å²) in [6.45, 7) is 0. The molecule has 0 aliphatic carbocycles. The summed E-state index contributed by atoms with van der Waals surface area (Å²) in [5.74, 6) is -0.591. The molecule has 1 heterocycles. The van der Waals surface area contributed by atoms with Gasteiger partial charge in [0.1, 0.15) is 5.15 Å². The molecule has 5 nitrogen and oxygen atoms in total. The summed E-state index contributed by atoms with van der Waals surface area (Å²) in [5, 5.41) is 2.56. The molecule has 1 aromatic carbocycles. The largest absolute Gasteiger partial charge is 0.501 e. The van der Waals surface area contributed by atoms with Gasteiger partial charge in [-0.2, -0.15) is 13.2 Å². The maximum atomic E-state index is 12.4. The van der Waals surface area contributed by atoms with Crippen molar-refractivity contribution in [2.75, 3.05) is 5.32 Å². The quantitative estimate of drug-likeness (QED) is 0.727. The highest BCUT2D eigenvalue weighted by Gasteiger charge is 2.46. The maximum Gasteiger partial charge on any atom is 0.501 e. The van der Waals surface area contributed by atoms with Crippen molar-refractivity contribution in [3.8, 4) is 0 Å². The summed E-state index contributed by atoms with van der Waals surface area (Å²) in [5.41, 5.74) is -5.12. The van der Waals surface area contributed by atoms with Gasteiger partial charge in [-0.25, -0.2) is 13.4 Å². The molecule has 0 radical (unpaired) electrons. The topological polar surface area (TPSA) is 76.1 Å². The second kappa shape index (κ2) is 6.69. The van der Waals surface area contributed by atoms with Crippen LogP contribution in [0.15, 0.2) is 45.9 Å². The van der Waals surface area contributed by atoms with E-state index in [1.807, 2.05) is 0 Å². The van der Waals surface area contributed by atoms with Gasteiger partial charge in [0, 0.05) is 11.9 Å². The van der Waals surface area contributed by atoms with Crippen molar-refractivity contribution < 1.29 is 26.4 Å². The van der Waals surface area contributed by atoms with Gasteiger partial charge in [0.05, 0.1) is 14.9 Å². The van der Waals surface area contributed by atoms with E-state index in [0.717, 1.165) is 24.3 Å². The van der Waals surface area contributed by atoms with Gasteiger partial charge in [0.25, 0.3) is 15.7 Å². The van der Waals surface area contributed by atoms with E-state index in [2.05, 4.69) is 26.2 Å². The maximum absolute atomic E-state index is 12.4. The van der Waals surface area contributed by atoms with E-state index < -0.39 is 26.1 Å². The highest BCUT2D eigenvalue weighted by atomic mass is 79.9. The average molecular weight is 444 g/mol. The molecule has 0 bridgehead atoms. The van der Waals surface area contributed by atoms with Crippen molar-refractivity contribution >= 4 is 49.0 Å². The third-order valence-corrected chi connectivity index (χ3v) is 5.42. The van der Waals surface area contributed by atoms with Crippen molar-refractivity contribution in [1.82, 2.24) is 4.98 Å². The molecule has 0 aliphatic heterocycles. The smallest absolute Gasteiger partial charge is 0.322 e. The number of halogens is 5. The summed E-state index contributed by atoms with van der Waals surface area (Å²) >= 11 is 8.81. The van der Waals surface area contributed by atoms with Crippen LogP contribution in [0.5, 0.6) is 0 Å². The minimum Gasteiger partial charge on any atom is -0.322 e. The van der Waals surface area contributed by atoms with Crippen molar-refractivity contribution in [2.24, 2.45) is 0 Å². The Labute approximate surface area is 147 Å². The van der Waals surface area contributed by atoms with Crippen molar-refractivity contribution in [3.63, 3.8) is 0 Å². The van der Waals surface area contributed by atoms with Crippen molar-refractivity contribution in [3.05, 3.63) is 51.7 Å². The predicted octanol–water partition coefficient (Wildman–Crippen LogP) is 4.04. The van der Waals surface area contributed by atoms with Gasteiger partial charge in [0.2, 0.25) is 0 Å². The Morgan fingerprint density at radius 2 is 1.79 bits per heavy atom. The molecule has 0 aliphatic rings. The number of nitrogens with one attached hydrogen (secondary N) is 1. The van der Waals surface area contributed by atoms with Gasteiger partial charge < -0.3 is 5.32 Å². The number of carbonyl (C=O) groups is 1. The number of carbonyl (C=O) groups excluding carboxylic acids is 1. The molecule has 128 valence electrons. The number of anilines is 1. The Morgan fingerprint density at radius 3 is 2.29 bits per heavy atom. The molecule has 0 atom stereocenters. The molecule has 0 saturated carbocycles. The molecule has 2 aromatic rings. The molecular formula is C13H7BrClF3N2O3S. The molecular weight excluding hydrogens is 437 g/mol. The molecule has 24 heavy (non-hydrogen) atoms. The molecule has 1 N–H and O–H groups in total. The fourth-order valence-electron chi connectivity index (χ4n) is 1.60. The number of benzene rings is 1. The molecule has 0 fully saturated rings. The predicted molar refractivity (Wildman–Crippen MR) is 84.6 cm³/mol. The van der Waals surface area contributed by atoms with Gasteiger partial charge in [0.15, 0.2) is 0 Å². The first-order chi connectivity index (χ1) is 11.0. The van der Waals surface area contributed by atoms with E-state index >= 15 is 0 Å². The van der Waals surface area contributed by atoms with Gasteiger partial charge in [-0.15, -0.1) is 0 Å². The lowest BCUT2D eigenvalue weighted by atomic mass is 10.2. The number of pyridine rings is 1. The van der Waals surface area contributed by atoms with E-state index in [9.17, 15) is 26.4 Å². The summed E-state index contributed by atoms with van der Waals surface area (Å²) in [7, 11) is -5.43. The van der Waals surface area contributed by atoms with Crippen molar-refractivity contribution in [2.45, 2.75) is 10.4 Å². The first-order valence-corrected chi connectivity index (χ1v) is 8.71. The fourth-order valence-corrected chi connectivity index (χ4v) is 2.81. The highest BCUT2D eigenvalue weighted by molar-refractivity contribution is 9.10. The van der Waals surface area contributed by atoms with Crippen LogP contribution >= 0.6 is 27.5 Å². The molecule has 1 aromatic heterocycles. The first kappa shape index (κ1) is 18.7. The standard InChI is InChI=1S/C13H7BrClF3N2O3S/c14-10-5-7(6-19-11(10)15)12(21)20-8-1-3-9(4-2-8)24(22,23)13(16,17)18/h1-6H,(H,20,21). The fraction of sp³-hybridized carbons (Fsp3) is 0.0769. The van der Waals surface area contributed by atoms with Crippen LogP contribution < -0.4 is 5.32 Å². The van der Waals surface area contributed by atoms with E-state index in [1.54, 1.807) is 0 Å². The van der Waals surface area contributed by atoms with E-state index in [1.165, 1.54) is 12.3 Å². The second-order valence-corrected chi connectivity index (χ2v) is 7.58. The zero-order chi connectivity index (χ0) is 18.1. The van der Waals surface area contributed by atoms with Crippen molar-refractivity contribution in [1.29, 1.82) is 0 Å². The molecule has 0 spiro atoms. The highest BCUT2D eigenvalue weighted by Crippen LogP contribution is 2.30. The summed E-state index contributed by atoms with van der Waals surface area (Å²) < 4.78 is 60.2. The van der Waals surface area contributed by atoms with Gasteiger partial charge in [-0.05, 0) is 46.3 Å². The Bertz CT molecular complexity index is 886. The summed E-state index contributed by atoms with van der Waals surface area (Å²) in [6, 6.07) is 5.03. The van der Waals surface area contributed by atoms with Crippen LogP contribution in [0.3, 0.4) is 0 Å². The van der Waals surface area contributed by atoms with Crippen LogP contribution in [0.25, 0.3) is 0 Å². The Kier molecular flexibility index (Phi) is 5.21. The van der Waals surface area contributed by atoms with Crippen LogP contribution in [0.2, 0.25) is 5.15 Å². The van der Waals surface area contributed by atoms with E-state index in [4.69, 9.17) is 11.6 Å². The zero-order valence-electron chi connectivity index (χ0n) is 11.4. The number of amides is 1. The first-order valence-electron chi connectivity index (χ1n) is 6.06. The Hall–Kier alpha value is -1.65. The third-order valence-electron chi connectivity index (χ3n) is 2.79. The van der Waals surface area contributed by atoms with E-state index in [-0.39, 0.29) is 16.4 Å². The van der Waals surface area contributed by atoms with Gasteiger partial charge in [-0.3, -0.25) is 4.79 Å². The lowest BCUT2D eigenvalue weighted by Crippen LogP contribution is -2.23. The Morgan fingerprint density at radius 1 is 1.21 bits per heavy atom. The average Bonchev–Trinajstić information content (AvgIpc) is 2.49. The number of hydrogen-bond donors (Lipinski definition) is 1.